The van der Waals surface area contributed by atoms with Crippen molar-refractivity contribution < 1.29 is 19.4 Å². The maximum absolute atomic E-state index is 10.9. The first kappa shape index (κ1) is 9.03. The molecule has 12 heavy (non-hydrogen) atoms. The van der Waals surface area contributed by atoms with E-state index in [2.05, 4.69) is 4.74 Å². The van der Waals surface area contributed by atoms with Crippen LogP contribution in [-0.2, 0) is 14.3 Å². The molecule has 3 atom stereocenters. The Bertz CT molecular complexity index is 211. The number of cyclic esters (lactones) is 1. The van der Waals surface area contributed by atoms with Gasteiger partial charge in [-0.1, -0.05) is 20.3 Å². The van der Waals surface area contributed by atoms with Crippen molar-refractivity contribution in [3.8, 4) is 0 Å². The zero-order valence-electron chi connectivity index (χ0n) is 7.11. The molecule has 1 rings (SSSR count). The van der Waals surface area contributed by atoms with E-state index >= 15 is 0 Å². The Labute approximate surface area is 70.5 Å². The van der Waals surface area contributed by atoms with Crippen LogP contribution < -0.4 is 0 Å². The highest BCUT2D eigenvalue weighted by Crippen LogP contribution is 2.31. The van der Waals surface area contributed by atoms with Crippen molar-refractivity contribution in [2.45, 2.75) is 26.4 Å². The summed E-state index contributed by atoms with van der Waals surface area (Å²) in [6.45, 7) is 3.79. The summed E-state index contributed by atoms with van der Waals surface area (Å²) in [6, 6.07) is 0. The SMILES string of the molecule is CC[C@H](C)[C@@H]1C(=O)OC1C(=O)O. The highest BCUT2D eigenvalue weighted by Gasteiger charge is 2.49. The standard InChI is InChI=1S/C8H12O4/c1-3-4(2)5-6(7(9)10)12-8(5)11/h4-6H,3H2,1-2H3,(H,9,10)/t4-,5-,6?/m0/s1. The van der Waals surface area contributed by atoms with Crippen LogP contribution in [0.4, 0.5) is 0 Å². The number of carboxylic acid groups (broad SMARTS) is 1. The van der Waals surface area contributed by atoms with Crippen molar-refractivity contribution in [1.29, 1.82) is 0 Å². The van der Waals surface area contributed by atoms with Gasteiger partial charge in [-0.15, -0.1) is 0 Å². The number of esters is 1. The van der Waals surface area contributed by atoms with Crippen LogP contribution in [0.2, 0.25) is 0 Å². The number of carbonyl (C=O) groups excluding carboxylic acids is 1. The van der Waals surface area contributed by atoms with E-state index in [0.29, 0.717) is 0 Å². The van der Waals surface area contributed by atoms with Gasteiger partial charge < -0.3 is 9.84 Å². The average molecular weight is 172 g/mol. The highest BCUT2D eigenvalue weighted by molar-refractivity contribution is 5.90. The van der Waals surface area contributed by atoms with Crippen LogP contribution in [0.5, 0.6) is 0 Å². The summed E-state index contributed by atoms with van der Waals surface area (Å²) in [5, 5.41) is 8.59. The van der Waals surface area contributed by atoms with Gasteiger partial charge in [-0.2, -0.15) is 0 Å². The molecular formula is C8H12O4. The third-order valence-electron chi connectivity index (χ3n) is 2.34. The van der Waals surface area contributed by atoms with Gasteiger partial charge in [-0.25, -0.2) is 4.79 Å². The second-order valence-electron chi connectivity index (χ2n) is 3.11. The summed E-state index contributed by atoms with van der Waals surface area (Å²) in [7, 11) is 0. The minimum absolute atomic E-state index is 0.0901. The number of carbonyl (C=O) groups is 2. The van der Waals surface area contributed by atoms with Crippen LogP contribution in [0, 0.1) is 11.8 Å². The zero-order chi connectivity index (χ0) is 9.30. The monoisotopic (exact) mass is 172 g/mol. The van der Waals surface area contributed by atoms with Crippen molar-refractivity contribution in [3.05, 3.63) is 0 Å². The second kappa shape index (κ2) is 3.13. The minimum atomic E-state index is -1.04. The number of carboxylic acids is 1. The lowest BCUT2D eigenvalue weighted by Gasteiger charge is -2.35. The third kappa shape index (κ3) is 1.29. The van der Waals surface area contributed by atoms with Crippen LogP contribution >= 0.6 is 0 Å². The first-order chi connectivity index (χ1) is 5.57. The third-order valence-corrected chi connectivity index (χ3v) is 2.34. The van der Waals surface area contributed by atoms with Gasteiger partial charge in [0.1, 0.15) is 5.92 Å². The molecule has 1 saturated heterocycles. The minimum Gasteiger partial charge on any atom is -0.478 e. The molecule has 0 aromatic heterocycles. The predicted octanol–water partition coefficient (Wildman–Crippen LogP) is 0.659. The molecule has 0 bridgehead atoms. The summed E-state index contributed by atoms with van der Waals surface area (Å²) in [6.07, 6.45) is -0.115. The molecule has 0 saturated carbocycles. The summed E-state index contributed by atoms with van der Waals surface area (Å²) in [4.78, 5) is 21.3. The molecule has 0 aromatic carbocycles. The summed E-state index contributed by atoms with van der Waals surface area (Å²) in [5.74, 6) is -1.77. The van der Waals surface area contributed by atoms with E-state index in [1.807, 2.05) is 13.8 Å². The van der Waals surface area contributed by atoms with Crippen LogP contribution in [0.3, 0.4) is 0 Å². The molecule has 0 amide bonds. The maximum Gasteiger partial charge on any atom is 0.345 e. The Balaban J connectivity index is 2.61. The molecule has 1 aliphatic rings. The van der Waals surface area contributed by atoms with E-state index in [1.54, 1.807) is 0 Å². The Morgan fingerprint density at radius 3 is 2.67 bits per heavy atom. The van der Waals surface area contributed by atoms with Crippen LogP contribution in [0.1, 0.15) is 20.3 Å². The Morgan fingerprint density at radius 2 is 2.33 bits per heavy atom. The quantitative estimate of drug-likeness (QED) is 0.635. The summed E-state index contributed by atoms with van der Waals surface area (Å²) < 4.78 is 4.50. The molecule has 1 fully saturated rings. The van der Waals surface area contributed by atoms with Gasteiger partial charge in [0.2, 0.25) is 6.10 Å². The molecule has 0 radical (unpaired) electrons. The number of aliphatic carboxylic acids is 1. The van der Waals surface area contributed by atoms with Crippen molar-refractivity contribution in [2.24, 2.45) is 11.8 Å². The molecule has 0 spiro atoms. The molecule has 68 valence electrons. The topological polar surface area (TPSA) is 63.6 Å². The second-order valence-corrected chi connectivity index (χ2v) is 3.11. The van der Waals surface area contributed by atoms with Crippen molar-refractivity contribution in [1.82, 2.24) is 0 Å². The van der Waals surface area contributed by atoms with E-state index in [0.717, 1.165) is 6.42 Å². The number of ether oxygens (including phenoxy) is 1. The van der Waals surface area contributed by atoms with Crippen molar-refractivity contribution >= 4 is 11.9 Å². The number of rotatable bonds is 3. The Morgan fingerprint density at radius 1 is 1.75 bits per heavy atom. The smallest absolute Gasteiger partial charge is 0.345 e. The van der Waals surface area contributed by atoms with Crippen molar-refractivity contribution in [3.63, 3.8) is 0 Å². The lowest BCUT2D eigenvalue weighted by molar-refractivity contribution is -0.200. The van der Waals surface area contributed by atoms with Gasteiger partial charge in [0.25, 0.3) is 0 Å². The van der Waals surface area contributed by atoms with E-state index in [4.69, 9.17) is 5.11 Å². The molecule has 4 nitrogen and oxygen atoms in total. The normalized spacial score (nSPS) is 30.3. The van der Waals surface area contributed by atoms with Gasteiger partial charge in [0.15, 0.2) is 0 Å². The van der Waals surface area contributed by atoms with Gasteiger partial charge >= 0.3 is 11.9 Å². The molecular weight excluding hydrogens is 160 g/mol. The lowest BCUT2D eigenvalue weighted by Crippen LogP contribution is -2.52. The van der Waals surface area contributed by atoms with Crippen molar-refractivity contribution in [2.75, 3.05) is 0 Å². The van der Waals surface area contributed by atoms with E-state index in [1.165, 1.54) is 0 Å². The Kier molecular flexibility index (Phi) is 2.35. The summed E-state index contributed by atoms with van der Waals surface area (Å²) in [5.41, 5.74) is 0. The first-order valence-electron chi connectivity index (χ1n) is 4.01. The van der Waals surface area contributed by atoms with Crippen LogP contribution in [-0.4, -0.2) is 23.1 Å². The van der Waals surface area contributed by atoms with Gasteiger partial charge in [0.05, 0.1) is 0 Å². The van der Waals surface area contributed by atoms with Crippen LogP contribution in [0.15, 0.2) is 0 Å². The predicted molar refractivity (Wildman–Crippen MR) is 40.5 cm³/mol. The Hall–Kier alpha value is -1.06. The first-order valence-corrected chi connectivity index (χ1v) is 4.01. The number of hydrogen-bond acceptors (Lipinski definition) is 3. The van der Waals surface area contributed by atoms with Gasteiger partial charge in [-0.3, -0.25) is 4.79 Å². The van der Waals surface area contributed by atoms with E-state index in [9.17, 15) is 9.59 Å². The van der Waals surface area contributed by atoms with Crippen LogP contribution in [0.25, 0.3) is 0 Å². The van der Waals surface area contributed by atoms with E-state index in [-0.39, 0.29) is 11.9 Å². The van der Waals surface area contributed by atoms with Gasteiger partial charge in [0, 0.05) is 0 Å². The molecule has 1 aliphatic heterocycles. The fourth-order valence-electron chi connectivity index (χ4n) is 1.32. The zero-order valence-corrected chi connectivity index (χ0v) is 7.11. The largest absolute Gasteiger partial charge is 0.478 e. The fourth-order valence-corrected chi connectivity index (χ4v) is 1.32. The molecule has 4 heteroatoms. The fraction of sp³-hybridized carbons (Fsp3) is 0.750. The van der Waals surface area contributed by atoms with Gasteiger partial charge in [-0.05, 0) is 5.92 Å². The molecule has 0 aromatic rings. The molecule has 0 aliphatic carbocycles. The summed E-state index contributed by atoms with van der Waals surface area (Å²) >= 11 is 0. The molecule has 1 N–H and O–H groups in total. The molecule has 1 unspecified atom stereocenters. The lowest BCUT2D eigenvalue weighted by atomic mass is 9.83. The number of hydrogen-bond donors (Lipinski definition) is 1. The highest BCUT2D eigenvalue weighted by atomic mass is 16.6. The molecule has 1 heterocycles. The average Bonchev–Trinajstić information content (AvgIpc) is 1.99. The maximum atomic E-state index is 10.9. The van der Waals surface area contributed by atoms with E-state index < -0.39 is 18.0 Å².